The summed E-state index contributed by atoms with van der Waals surface area (Å²) in [5.41, 5.74) is 7.52. The van der Waals surface area contributed by atoms with E-state index in [1.165, 1.54) is 90.6 Å². The van der Waals surface area contributed by atoms with Crippen LogP contribution in [0.1, 0.15) is 106 Å². The molecule has 0 amide bonds. The minimum atomic E-state index is 0.211. The molecule has 0 heterocycles. The quantitative estimate of drug-likeness (QED) is 0.225. The SMILES string of the molecule is C=C(C)C12CCC(C)C=C1C1=CCC3C4(C)CCC(C)[C@@](C)(CNc5ccc6cc7ccccc7cc6c5)C4CCC3(C)[C@]1(C)CC2. The molecule has 0 aliphatic heterocycles. The Kier molecular flexibility index (Phi) is 7.10. The molecule has 8 rings (SSSR count). The molecule has 1 heteroatoms. The monoisotopic (exact) mass is 625 g/mol. The number of benzene rings is 3. The summed E-state index contributed by atoms with van der Waals surface area (Å²) in [6.07, 6.45) is 17.4. The fourth-order valence-corrected chi connectivity index (χ4v) is 12.8. The lowest BCUT2D eigenvalue weighted by Crippen LogP contribution is -2.64. The third kappa shape index (κ3) is 4.33. The first kappa shape index (κ1) is 31.5. The fourth-order valence-electron chi connectivity index (χ4n) is 12.8. The Labute approximate surface area is 285 Å². The molecule has 1 N–H and O–H groups in total. The van der Waals surface area contributed by atoms with Gasteiger partial charge in [0.15, 0.2) is 0 Å². The molecule has 7 unspecified atom stereocenters. The molecule has 0 spiro atoms. The molecule has 3 saturated carbocycles. The van der Waals surface area contributed by atoms with Gasteiger partial charge in [-0.2, -0.15) is 0 Å². The number of fused-ring (bicyclic) bond motifs is 9. The van der Waals surface area contributed by atoms with Crippen LogP contribution in [-0.4, -0.2) is 6.54 Å². The highest BCUT2D eigenvalue weighted by Crippen LogP contribution is 2.75. The number of rotatable bonds is 4. The van der Waals surface area contributed by atoms with Gasteiger partial charge in [-0.3, -0.25) is 0 Å². The maximum atomic E-state index is 4.62. The van der Waals surface area contributed by atoms with E-state index in [4.69, 9.17) is 0 Å². The van der Waals surface area contributed by atoms with Crippen LogP contribution in [0.15, 0.2) is 90.0 Å². The topological polar surface area (TPSA) is 12.0 Å². The normalized spacial score (nSPS) is 41.2. The van der Waals surface area contributed by atoms with Gasteiger partial charge in [-0.05, 0) is 167 Å². The first-order chi connectivity index (χ1) is 22.3. The molecular formula is C46H59N. The fraction of sp³-hybridized carbons (Fsp3) is 0.565. The molecule has 3 aromatic rings. The summed E-state index contributed by atoms with van der Waals surface area (Å²) in [6, 6.07) is 20.5. The Morgan fingerprint density at radius 2 is 1.49 bits per heavy atom. The molecule has 3 aromatic carbocycles. The molecular weight excluding hydrogens is 567 g/mol. The molecule has 9 atom stereocenters. The molecule has 5 aliphatic rings. The molecule has 1 nitrogen and oxygen atoms in total. The summed E-state index contributed by atoms with van der Waals surface area (Å²) in [7, 11) is 0. The zero-order valence-electron chi connectivity index (χ0n) is 30.4. The Morgan fingerprint density at radius 3 is 2.23 bits per heavy atom. The largest absolute Gasteiger partial charge is 0.384 e. The van der Waals surface area contributed by atoms with E-state index in [1.54, 1.807) is 11.1 Å². The van der Waals surface area contributed by atoms with Gasteiger partial charge in [0.1, 0.15) is 0 Å². The average molecular weight is 626 g/mol. The molecule has 0 bridgehead atoms. The lowest BCUT2D eigenvalue weighted by atomic mass is 9.34. The Bertz CT molecular complexity index is 1830. The van der Waals surface area contributed by atoms with E-state index in [0.29, 0.717) is 22.7 Å². The van der Waals surface area contributed by atoms with E-state index in [2.05, 4.69) is 127 Å². The van der Waals surface area contributed by atoms with Crippen LogP contribution < -0.4 is 5.32 Å². The molecule has 5 aliphatic carbocycles. The van der Waals surface area contributed by atoms with Gasteiger partial charge in [0.2, 0.25) is 0 Å². The van der Waals surface area contributed by atoms with Gasteiger partial charge in [-0.25, -0.2) is 0 Å². The standard InChI is InChI=1S/C46H59N/c1-30(2)46-22-17-31(3)25-39(46)38-15-16-41-42(5)20-18-32(4)43(6,40(42)19-21-45(41,8)44(38,7)23-24-46)29-47-37-14-13-35-26-33-11-9-10-12-34(33)27-36(35)28-37/h9-15,25-28,31-32,40-41,47H,1,16-24,29H2,2-8H3/t31?,32?,40?,41?,42?,43-,44-,45?,46?/m1/s1. The molecule has 47 heavy (non-hydrogen) atoms. The lowest BCUT2D eigenvalue weighted by molar-refractivity contribution is -0.182. The smallest absolute Gasteiger partial charge is 0.0346 e. The van der Waals surface area contributed by atoms with Crippen LogP contribution in [0, 0.1) is 50.7 Å². The van der Waals surface area contributed by atoms with Gasteiger partial charge in [0.25, 0.3) is 0 Å². The van der Waals surface area contributed by atoms with Crippen LogP contribution in [0.5, 0.6) is 0 Å². The first-order valence-electron chi connectivity index (χ1n) is 19.1. The Hall–Kier alpha value is -2.80. The van der Waals surface area contributed by atoms with Crippen LogP contribution in [-0.2, 0) is 0 Å². The lowest BCUT2D eigenvalue weighted by Gasteiger charge is -2.71. The molecule has 3 fully saturated rings. The van der Waals surface area contributed by atoms with E-state index in [0.717, 1.165) is 18.4 Å². The van der Waals surface area contributed by atoms with Crippen molar-refractivity contribution in [3.8, 4) is 0 Å². The van der Waals surface area contributed by atoms with Gasteiger partial charge in [0, 0.05) is 17.6 Å². The van der Waals surface area contributed by atoms with Crippen LogP contribution in [0.3, 0.4) is 0 Å². The summed E-state index contributed by atoms with van der Waals surface area (Å²) in [5, 5.41) is 9.33. The van der Waals surface area contributed by atoms with Crippen molar-refractivity contribution in [2.24, 2.45) is 50.7 Å². The number of hydrogen-bond acceptors (Lipinski definition) is 1. The summed E-state index contributed by atoms with van der Waals surface area (Å²) < 4.78 is 0. The number of hydrogen-bond donors (Lipinski definition) is 1. The highest BCUT2D eigenvalue weighted by molar-refractivity contribution is 5.99. The van der Waals surface area contributed by atoms with Gasteiger partial charge < -0.3 is 5.32 Å². The van der Waals surface area contributed by atoms with Crippen LogP contribution in [0.2, 0.25) is 0 Å². The van der Waals surface area contributed by atoms with E-state index < -0.39 is 0 Å². The number of nitrogens with one attached hydrogen (secondary N) is 1. The zero-order chi connectivity index (χ0) is 33.0. The van der Waals surface area contributed by atoms with Crippen molar-refractivity contribution in [1.29, 1.82) is 0 Å². The van der Waals surface area contributed by atoms with E-state index >= 15 is 0 Å². The highest BCUT2D eigenvalue weighted by atomic mass is 14.9. The van der Waals surface area contributed by atoms with Crippen molar-refractivity contribution < 1.29 is 0 Å². The second-order valence-corrected chi connectivity index (χ2v) is 18.3. The van der Waals surface area contributed by atoms with E-state index in [-0.39, 0.29) is 16.2 Å². The van der Waals surface area contributed by atoms with Crippen molar-refractivity contribution in [2.75, 3.05) is 11.9 Å². The second-order valence-electron chi connectivity index (χ2n) is 18.3. The zero-order valence-corrected chi connectivity index (χ0v) is 30.4. The summed E-state index contributed by atoms with van der Waals surface area (Å²) in [5.74, 6) is 2.86. The molecule has 0 saturated heterocycles. The van der Waals surface area contributed by atoms with Crippen LogP contribution in [0.4, 0.5) is 5.69 Å². The maximum absolute atomic E-state index is 4.62. The first-order valence-corrected chi connectivity index (χ1v) is 19.1. The molecule has 248 valence electrons. The minimum absolute atomic E-state index is 0.211. The Morgan fingerprint density at radius 1 is 0.766 bits per heavy atom. The van der Waals surface area contributed by atoms with Crippen molar-refractivity contribution >= 4 is 27.2 Å². The number of anilines is 1. The molecule has 0 radical (unpaired) electrons. The van der Waals surface area contributed by atoms with Gasteiger partial charge in [-0.1, -0.05) is 96.2 Å². The maximum Gasteiger partial charge on any atom is 0.0346 e. The third-order valence-corrected chi connectivity index (χ3v) is 16.3. The van der Waals surface area contributed by atoms with Gasteiger partial charge in [-0.15, -0.1) is 0 Å². The Balaban J connectivity index is 1.11. The summed E-state index contributed by atoms with van der Waals surface area (Å²) in [6.45, 7) is 23.9. The summed E-state index contributed by atoms with van der Waals surface area (Å²) in [4.78, 5) is 0. The van der Waals surface area contributed by atoms with Crippen LogP contribution in [0.25, 0.3) is 21.5 Å². The predicted molar refractivity (Wildman–Crippen MR) is 203 cm³/mol. The predicted octanol–water partition coefficient (Wildman–Crippen LogP) is 12.9. The van der Waals surface area contributed by atoms with Crippen molar-refractivity contribution in [3.05, 3.63) is 90.0 Å². The van der Waals surface area contributed by atoms with Gasteiger partial charge in [0.05, 0.1) is 0 Å². The van der Waals surface area contributed by atoms with Crippen LogP contribution >= 0.6 is 0 Å². The van der Waals surface area contributed by atoms with Crippen molar-refractivity contribution in [1.82, 2.24) is 0 Å². The third-order valence-electron chi connectivity index (χ3n) is 16.3. The summed E-state index contributed by atoms with van der Waals surface area (Å²) >= 11 is 0. The van der Waals surface area contributed by atoms with E-state index in [1.807, 2.05) is 0 Å². The minimum Gasteiger partial charge on any atom is -0.384 e. The molecule has 0 aromatic heterocycles. The highest BCUT2D eigenvalue weighted by Gasteiger charge is 2.67. The van der Waals surface area contributed by atoms with E-state index in [9.17, 15) is 0 Å². The van der Waals surface area contributed by atoms with Crippen molar-refractivity contribution in [2.45, 2.75) is 106 Å². The van der Waals surface area contributed by atoms with Crippen molar-refractivity contribution in [3.63, 3.8) is 0 Å². The van der Waals surface area contributed by atoms with Gasteiger partial charge >= 0.3 is 0 Å². The average Bonchev–Trinajstić information content (AvgIpc) is 3.05. The number of allylic oxidation sites excluding steroid dienone is 5. The second kappa shape index (κ2) is 10.6.